The van der Waals surface area contributed by atoms with E-state index in [2.05, 4.69) is 54.3 Å². The van der Waals surface area contributed by atoms with Gasteiger partial charge in [-0.2, -0.15) is 0 Å². The molecule has 0 radical (unpaired) electrons. The molecule has 0 aliphatic carbocycles. The van der Waals surface area contributed by atoms with E-state index in [0.717, 1.165) is 11.3 Å². The van der Waals surface area contributed by atoms with Gasteiger partial charge in [0.05, 0.1) is 5.69 Å². The third-order valence-corrected chi connectivity index (χ3v) is 5.14. The Kier molecular flexibility index (Phi) is 21.3. The van der Waals surface area contributed by atoms with Crippen molar-refractivity contribution in [3.63, 3.8) is 0 Å². The molecule has 0 unspecified atom stereocenters. The van der Waals surface area contributed by atoms with Crippen LogP contribution >= 0.6 is 11.9 Å². The summed E-state index contributed by atoms with van der Waals surface area (Å²) in [5.41, 5.74) is 2.46. The Morgan fingerprint density at radius 2 is 1.77 bits per heavy atom. The van der Waals surface area contributed by atoms with Gasteiger partial charge in [-0.15, -0.1) is 0 Å². The Labute approximate surface area is 219 Å². The van der Waals surface area contributed by atoms with E-state index in [1.807, 2.05) is 58.9 Å². The number of carbonyl (C=O) groups excluding carboxylic acids is 1. The largest absolute Gasteiger partial charge is 0.356 e. The number of rotatable bonds is 4. The topological polar surface area (TPSA) is 58.4 Å². The molecule has 1 aromatic carbocycles. The minimum absolute atomic E-state index is 0.00231. The number of nitrogens with one attached hydrogen (secondary N) is 1. The Morgan fingerprint density at radius 1 is 1.20 bits per heavy atom. The average molecular weight is 506 g/mol. The summed E-state index contributed by atoms with van der Waals surface area (Å²) in [6, 6.07) is 8.20. The van der Waals surface area contributed by atoms with E-state index >= 15 is 0 Å². The number of hydrogen-bond donors (Lipinski definition) is 1. The highest BCUT2D eigenvalue weighted by Gasteiger charge is 2.26. The fourth-order valence-electron chi connectivity index (χ4n) is 3.51. The molecule has 1 N–H and O–H groups in total. The van der Waals surface area contributed by atoms with Crippen molar-refractivity contribution in [2.45, 2.75) is 81.1 Å². The second-order valence-corrected chi connectivity index (χ2v) is 9.41. The van der Waals surface area contributed by atoms with Crippen molar-refractivity contribution in [1.29, 1.82) is 0 Å². The van der Waals surface area contributed by atoms with Crippen molar-refractivity contribution in [3.8, 4) is 0 Å². The lowest BCUT2D eigenvalue weighted by Gasteiger charge is -2.35. The van der Waals surface area contributed by atoms with Crippen LogP contribution in [0.5, 0.6) is 0 Å². The molecule has 2 heterocycles. The normalized spacial score (nSPS) is 13.7. The highest BCUT2D eigenvalue weighted by molar-refractivity contribution is 7.97. The lowest BCUT2D eigenvalue weighted by molar-refractivity contribution is -0.117. The summed E-state index contributed by atoms with van der Waals surface area (Å²) in [6.45, 7) is 25.4. The molecule has 0 saturated carbocycles. The van der Waals surface area contributed by atoms with Crippen molar-refractivity contribution in [1.82, 2.24) is 14.8 Å². The van der Waals surface area contributed by atoms with Crippen molar-refractivity contribution in [2.24, 2.45) is 5.41 Å². The molecule has 2 aromatic rings. The van der Waals surface area contributed by atoms with E-state index in [1.165, 1.54) is 56.7 Å². The van der Waals surface area contributed by atoms with E-state index < -0.39 is 0 Å². The number of likely N-dealkylation sites (tertiary alicyclic amines) is 1. The lowest BCUT2D eigenvalue weighted by atomic mass is 9.89. The van der Waals surface area contributed by atoms with E-state index in [4.69, 9.17) is 4.52 Å². The summed E-state index contributed by atoms with van der Waals surface area (Å²) in [6.07, 6.45) is 9.76. The second kappa shape index (κ2) is 21.3. The first-order valence-corrected chi connectivity index (χ1v) is 14.0. The van der Waals surface area contributed by atoms with Crippen LogP contribution in [0.1, 0.15) is 86.8 Å². The van der Waals surface area contributed by atoms with Crippen LogP contribution in [-0.2, 0) is 4.79 Å². The van der Waals surface area contributed by atoms with Crippen LogP contribution in [0, 0.1) is 5.41 Å². The molecule has 0 atom stereocenters. The number of allylic oxidation sites excluding steroid dienone is 3. The zero-order valence-corrected chi connectivity index (χ0v) is 24.8. The molecule has 0 spiro atoms. The molecule has 3 rings (SSSR count). The monoisotopic (exact) mass is 505 g/mol. The van der Waals surface area contributed by atoms with E-state index in [0.29, 0.717) is 11.3 Å². The molecular formula is C29H51N3O2S. The summed E-state index contributed by atoms with van der Waals surface area (Å²) < 4.78 is 7.93. The number of fused-ring (bicyclic) bond motifs is 1. The first-order valence-electron chi connectivity index (χ1n) is 12.8. The molecule has 1 fully saturated rings. The van der Waals surface area contributed by atoms with Crippen molar-refractivity contribution in [2.75, 3.05) is 25.9 Å². The predicted octanol–water partition coefficient (Wildman–Crippen LogP) is 8.25. The van der Waals surface area contributed by atoms with Crippen LogP contribution < -0.4 is 4.72 Å². The van der Waals surface area contributed by atoms with E-state index in [9.17, 15) is 4.79 Å². The van der Waals surface area contributed by atoms with Crippen molar-refractivity contribution < 1.29 is 9.32 Å². The Balaban J connectivity index is 0. The van der Waals surface area contributed by atoms with Crippen LogP contribution in [0.15, 0.2) is 53.6 Å². The van der Waals surface area contributed by atoms with Gasteiger partial charge in [-0.1, -0.05) is 103 Å². The highest BCUT2D eigenvalue weighted by Crippen LogP contribution is 2.33. The number of aromatic nitrogens is 1. The highest BCUT2D eigenvalue weighted by atomic mass is 32.2. The number of benzene rings is 1. The Bertz CT molecular complexity index is 817. The number of nitrogens with zero attached hydrogens (tertiary/aromatic N) is 2. The summed E-state index contributed by atoms with van der Waals surface area (Å²) >= 11 is 1.31. The lowest BCUT2D eigenvalue weighted by Crippen LogP contribution is -2.38. The van der Waals surface area contributed by atoms with Gasteiger partial charge in [0, 0.05) is 31.0 Å². The van der Waals surface area contributed by atoms with Gasteiger partial charge in [-0.3, -0.25) is 4.79 Å². The molecule has 1 saturated heterocycles. The Hall–Kier alpha value is -2.05. The van der Waals surface area contributed by atoms with Crippen molar-refractivity contribution in [3.05, 3.63) is 54.8 Å². The summed E-state index contributed by atoms with van der Waals surface area (Å²) in [5, 5.41) is 5.52. The molecular weight excluding hydrogens is 454 g/mol. The fraction of sp³-hybridized carbons (Fsp3) is 0.586. The predicted molar refractivity (Wildman–Crippen MR) is 157 cm³/mol. The van der Waals surface area contributed by atoms with Crippen LogP contribution in [0.3, 0.4) is 0 Å². The number of para-hydroxylation sites is 1. The van der Waals surface area contributed by atoms with Crippen LogP contribution in [-0.4, -0.2) is 41.9 Å². The maximum atomic E-state index is 9.91. The smallest absolute Gasteiger partial charge is 0.226 e. The molecule has 1 amide bonds. The summed E-state index contributed by atoms with van der Waals surface area (Å²) in [4.78, 5) is 12.5. The Morgan fingerprint density at radius 3 is 2.17 bits per heavy atom. The van der Waals surface area contributed by atoms with Crippen LogP contribution in [0.2, 0.25) is 0 Å². The van der Waals surface area contributed by atoms with Gasteiger partial charge in [0.1, 0.15) is 0 Å². The quantitative estimate of drug-likeness (QED) is 0.335. The maximum absolute atomic E-state index is 9.91. The molecule has 1 aliphatic heterocycles. The standard InChI is InChI=1S/C17H24N2O.C5H8.C3H7NOS.2C2H6/c1-17(2,3)12-19-10-8-13(9-11-19)16-14-6-4-5-7-15(14)20-18-16;1-3-5-4-2;1-3(5)4-6-2;2*1-2/h4-7,13H,8-12H2,1-3H3;3-5H,1H2,2H3;1-2H3,(H,4,5);2*1-2H3/b;5-4-;;;. The third kappa shape index (κ3) is 16.3. The molecule has 0 bridgehead atoms. The second-order valence-electron chi connectivity index (χ2n) is 8.80. The first-order chi connectivity index (χ1) is 16.7. The SMILES string of the molecule is C=C/C=C\C.CC.CC.CC(C)(C)CN1CCC(c2noc3ccccc23)CC1.CSNC(C)=O. The molecule has 5 nitrogen and oxygen atoms in total. The van der Waals surface area contributed by atoms with Gasteiger partial charge < -0.3 is 14.1 Å². The van der Waals surface area contributed by atoms with Gasteiger partial charge >= 0.3 is 0 Å². The molecule has 35 heavy (non-hydrogen) atoms. The zero-order valence-electron chi connectivity index (χ0n) is 24.0. The van der Waals surface area contributed by atoms with Gasteiger partial charge in [0.2, 0.25) is 5.91 Å². The number of amides is 1. The first kappa shape index (κ1) is 35.1. The zero-order chi connectivity index (χ0) is 27.3. The molecule has 1 aliphatic rings. The molecule has 1 aromatic heterocycles. The number of carbonyl (C=O) groups is 1. The summed E-state index contributed by atoms with van der Waals surface area (Å²) in [5.74, 6) is 0.553. The average Bonchev–Trinajstić information content (AvgIpc) is 3.27. The molecule has 200 valence electrons. The number of piperidine rings is 1. The summed E-state index contributed by atoms with van der Waals surface area (Å²) in [7, 11) is 0. The van der Waals surface area contributed by atoms with Gasteiger partial charge in [0.25, 0.3) is 0 Å². The maximum Gasteiger partial charge on any atom is 0.226 e. The van der Waals surface area contributed by atoms with Crippen LogP contribution in [0.25, 0.3) is 11.0 Å². The van der Waals surface area contributed by atoms with E-state index in [1.54, 1.807) is 12.3 Å². The third-order valence-electron chi connectivity index (χ3n) is 4.65. The van der Waals surface area contributed by atoms with Gasteiger partial charge in [-0.05, 0) is 50.4 Å². The van der Waals surface area contributed by atoms with Gasteiger partial charge in [-0.25, -0.2) is 0 Å². The van der Waals surface area contributed by atoms with Gasteiger partial charge in [0.15, 0.2) is 5.58 Å². The molecule has 6 heteroatoms. The van der Waals surface area contributed by atoms with E-state index in [-0.39, 0.29) is 5.91 Å². The minimum Gasteiger partial charge on any atom is -0.356 e. The van der Waals surface area contributed by atoms with Crippen LogP contribution in [0.4, 0.5) is 0 Å². The van der Waals surface area contributed by atoms with Crippen molar-refractivity contribution >= 4 is 28.8 Å². The minimum atomic E-state index is 0.00231. The fourth-order valence-corrected chi connectivity index (χ4v) is 3.80. The number of hydrogen-bond acceptors (Lipinski definition) is 5.